The lowest BCUT2D eigenvalue weighted by Crippen LogP contribution is -2.39. The highest BCUT2D eigenvalue weighted by atomic mass is 19.1. The lowest BCUT2D eigenvalue weighted by molar-refractivity contribution is 0.172. The summed E-state index contributed by atoms with van der Waals surface area (Å²) in [5.41, 5.74) is 1.48. The molecule has 0 fully saturated rings. The third-order valence-corrected chi connectivity index (χ3v) is 3.26. The molecule has 6 heteroatoms. The summed E-state index contributed by atoms with van der Waals surface area (Å²) >= 11 is 0. The molecule has 5 nitrogen and oxygen atoms in total. The highest BCUT2D eigenvalue weighted by molar-refractivity contribution is 5.74. The molecular formula is C16H18FN3O2. The molecule has 0 saturated heterocycles. The Morgan fingerprint density at radius 1 is 1.18 bits per heavy atom. The first-order valence-corrected chi connectivity index (χ1v) is 6.94. The van der Waals surface area contributed by atoms with Gasteiger partial charge in [0.1, 0.15) is 5.82 Å². The van der Waals surface area contributed by atoms with Crippen LogP contribution < -0.4 is 10.6 Å². The van der Waals surface area contributed by atoms with Crippen LogP contribution in [0.25, 0.3) is 0 Å². The average molecular weight is 303 g/mol. The Kier molecular flexibility index (Phi) is 5.43. The molecule has 0 radical (unpaired) electrons. The molecule has 116 valence electrons. The second-order valence-electron chi connectivity index (χ2n) is 4.92. The van der Waals surface area contributed by atoms with Crippen LogP contribution in [0.3, 0.4) is 0 Å². The van der Waals surface area contributed by atoms with Crippen molar-refractivity contribution in [2.24, 2.45) is 0 Å². The SMILES string of the molecule is CC(NC(=O)NCC(O)c1ccc(F)cc1)c1ccncc1. The van der Waals surface area contributed by atoms with Gasteiger partial charge in [0.15, 0.2) is 0 Å². The van der Waals surface area contributed by atoms with Crippen molar-refractivity contribution in [3.8, 4) is 0 Å². The number of aliphatic hydroxyl groups excluding tert-OH is 1. The van der Waals surface area contributed by atoms with E-state index >= 15 is 0 Å². The molecule has 2 rings (SSSR count). The zero-order valence-electron chi connectivity index (χ0n) is 12.2. The molecule has 0 aliphatic carbocycles. The first-order chi connectivity index (χ1) is 10.6. The Hall–Kier alpha value is -2.47. The van der Waals surface area contributed by atoms with E-state index in [0.717, 1.165) is 5.56 Å². The van der Waals surface area contributed by atoms with E-state index in [-0.39, 0.29) is 24.4 Å². The van der Waals surface area contributed by atoms with Crippen LogP contribution in [-0.4, -0.2) is 22.7 Å². The fraction of sp³-hybridized carbons (Fsp3) is 0.250. The molecule has 2 atom stereocenters. The van der Waals surface area contributed by atoms with E-state index in [9.17, 15) is 14.3 Å². The Morgan fingerprint density at radius 2 is 1.82 bits per heavy atom. The molecule has 3 N–H and O–H groups in total. The van der Waals surface area contributed by atoms with Gasteiger partial charge in [0.2, 0.25) is 0 Å². The minimum absolute atomic E-state index is 0.0422. The van der Waals surface area contributed by atoms with E-state index in [1.54, 1.807) is 12.4 Å². The van der Waals surface area contributed by atoms with Crippen LogP contribution in [0.4, 0.5) is 9.18 Å². The van der Waals surface area contributed by atoms with E-state index in [2.05, 4.69) is 15.6 Å². The van der Waals surface area contributed by atoms with E-state index in [1.165, 1.54) is 24.3 Å². The van der Waals surface area contributed by atoms with Crippen LogP contribution in [0, 0.1) is 5.82 Å². The third-order valence-electron chi connectivity index (χ3n) is 3.26. The molecule has 1 heterocycles. The van der Waals surface area contributed by atoms with Gasteiger partial charge in [-0.2, -0.15) is 0 Å². The first kappa shape index (κ1) is 15.9. The predicted molar refractivity (Wildman–Crippen MR) is 80.5 cm³/mol. The van der Waals surface area contributed by atoms with Crippen molar-refractivity contribution in [3.63, 3.8) is 0 Å². The molecule has 22 heavy (non-hydrogen) atoms. The average Bonchev–Trinajstić information content (AvgIpc) is 2.54. The van der Waals surface area contributed by atoms with Crippen LogP contribution in [0.15, 0.2) is 48.8 Å². The molecule has 0 aliphatic heterocycles. The normalized spacial score (nSPS) is 13.2. The number of amides is 2. The van der Waals surface area contributed by atoms with Crippen molar-refractivity contribution in [2.75, 3.05) is 6.54 Å². The number of halogens is 1. The van der Waals surface area contributed by atoms with Crippen LogP contribution in [0.1, 0.15) is 30.2 Å². The lowest BCUT2D eigenvalue weighted by atomic mass is 10.1. The number of pyridine rings is 1. The van der Waals surface area contributed by atoms with Crippen LogP contribution >= 0.6 is 0 Å². The summed E-state index contributed by atoms with van der Waals surface area (Å²) in [5, 5.41) is 15.3. The molecule has 0 spiro atoms. The molecule has 0 aliphatic rings. The minimum Gasteiger partial charge on any atom is -0.387 e. The molecule has 0 saturated carbocycles. The number of hydrogen-bond donors (Lipinski definition) is 3. The summed E-state index contributed by atoms with van der Waals surface area (Å²) in [6.45, 7) is 1.89. The Morgan fingerprint density at radius 3 is 2.45 bits per heavy atom. The first-order valence-electron chi connectivity index (χ1n) is 6.94. The fourth-order valence-corrected chi connectivity index (χ4v) is 1.98. The van der Waals surface area contributed by atoms with Gasteiger partial charge in [0.05, 0.1) is 12.1 Å². The summed E-state index contributed by atoms with van der Waals surface area (Å²) in [6, 6.07) is 8.58. The summed E-state index contributed by atoms with van der Waals surface area (Å²) < 4.78 is 12.8. The summed E-state index contributed by atoms with van der Waals surface area (Å²) in [7, 11) is 0. The van der Waals surface area contributed by atoms with Crippen molar-refractivity contribution in [1.29, 1.82) is 0 Å². The quantitative estimate of drug-likeness (QED) is 0.793. The van der Waals surface area contributed by atoms with Gasteiger partial charge in [-0.05, 0) is 42.3 Å². The van der Waals surface area contributed by atoms with Gasteiger partial charge in [0.25, 0.3) is 0 Å². The van der Waals surface area contributed by atoms with Crippen molar-refractivity contribution < 1.29 is 14.3 Å². The fourth-order valence-electron chi connectivity index (χ4n) is 1.98. The maximum Gasteiger partial charge on any atom is 0.315 e. The topological polar surface area (TPSA) is 74.2 Å². The number of aliphatic hydroxyl groups is 1. The molecule has 1 aromatic heterocycles. The number of hydrogen-bond acceptors (Lipinski definition) is 3. The number of rotatable bonds is 5. The van der Waals surface area contributed by atoms with Gasteiger partial charge < -0.3 is 15.7 Å². The maximum absolute atomic E-state index is 12.8. The monoisotopic (exact) mass is 303 g/mol. The zero-order valence-corrected chi connectivity index (χ0v) is 12.2. The Labute approximate surface area is 128 Å². The molecular weight excluding hydrogens is 285 g/mol. The van der Waals surface area contributed by atoms with Gasteiger partial charge in [0, 0.05) is 18.9 Å². The van der Waals surface area contributed by atoms with Gasteiger partial charge in [-0.1, -0.05) is 12.1 Å². The van der Waals surface area contributed by atoms with Crippen molar-refractivity contribution >= 4 is 6.03 Å². The van der Waals surface area contributed by atoms with Crippen molar-refractivity contribution in [3.05, 3.63) is 65.7 Å². The van der Waals surface area contributed by atoms with E-state index in [1.807, 2.05) is 19.1 Å². The van der Waals surface area contributed by atoms with E-state index in [4.69, 9.17) is 0 Å². The third kappa shape index (κ3) is 4.53. The highest BCUT2D eigenvalue weighted by Crippen LogP contribution is 2.13. The van der Waals surface area contributed by atoms with Gasteiger partial charge in [-0.15, -0.1) is 0 Å². The van der Waals surface area contributed by atoms with Crippen LogP contribution in [-0.2, 0) is 0 Å². The van der Waals surface area contributed by atoms with Gasteiger partial charge in [-0.25, -0.2) is 9.18 Å². The molecule has 2 amide bonds. The van der Waals surface area contributed by atoms with Crippen molar-refractivity contribution in [2.45, 2.75) is 19.1 Å². The molecule has 1 aromatic carbocycles. The molecule has 2 aromatic rings. The lowest BCUT2D eigenvalue weighted by Gasteiger charge is -2.16. The standard InChI is InChI=1S/C16H18FN3O2/c1-11(12-6-8-18-9-7-12)20-16(22)19-10-15(21)13-2-4-14(17)5-3-13/h2-9,11,15,21H,10H2,1H3,(H2,19,20,22). The molecule has 0 bridgehead atoms. The maximum atomic E-state index is 12.8. The van der Waals surface area contributed by atoms with E-state index in [0.29, 0.717) is 5.56 Å². The van der Waals surface area contributed by atoms with Crippen LogP contribution in [0.5, 0.6) is 0 Å². The summed E-state index contributed by atoms with van der Waals surface area (Å²) in [5.74, 6) is -0.368. The Balaban J connectivity index is 1.81. The smallest absolute Gasteiger partial charge is 0.315 e. The van der Waals surface area contributed by atoms with Crippen LogP contribution in [0.2, 0.25) is 0 Å². The minimum atomic E-state index is -0.886. The Bertz CT molecular complexity index is 605. The zero-order chi connectivity index (χ0) is 15.9. The second-order valence-corrected chi connectivity index (χ2v) is 4.92. The number of carbonyl (C=O) groups excluding carboxylic acids is 1. The summed E-state index contributed by atoms with van der Waals surface area (Å²) in [4.78, 5) is 15.7. The molecule has 2 unspecified atom stereocenters. The van der Waals surface area contributed by atoms with E-state index < -0.39 is 6.10 Å². The van der Waals surface area contributed by atoms with Gasteiger partial charge >= 0.3 is 6.03 Å². The van der Waals surface area contributed by atoms with Crippen molar-refractivity contribution in [1.82, 2.24) is 15.6 Å². The number of nitrogens with zero attached hydrogens (tertiary/aromatic N) is 1. The largest absolute Gasteiger partial charge is 0.387 e. The van der Waals surface area contributed by atoms with Gasteiger partial charge in [-0.3, -0.25) is 4.98 Å². The number of carbonyl (C=O) groups is 1. The number of nitrogens with one attached hydrogen (secondary N) is 2. The second kappa shape index (κ2) is 7.51. The number of benzene rings is 1. The highest BCUT2D eigenvalue weighted by Gasteiger charge is 2.12. The number of aromatic nitrogens is 1. The summed E-state index contributed by atoms with van der Waals surface area (Å²) in [6.07, 6.45) is 2.43. The number of urea groups is 1. The predicted octanol–water partition coefficient (Wildman–Crippen LogP) is 2.31.